The van der Waals surface area contributed by atoms with Crippen molar-refractivity contribution < 1.29 is 8.83 Å². The van der Waals surface area contributed by atoms with Crippen LogP contribution in [0.1, 0.15) is 131 Å². The highest BCUT2D eigenvalue weighted by molar-refractivity contribution is 7.32. The lowest BCUT2D eigenvalue weighted by Crippen LogP contribution is -2.60. The van der Waals surface area contributed by atoms with Crippen molar-refractivity contribution in [2.75, 3.05) is 9.71 Å². The lowest BCUT2D eigenvalue weighted by atomic mass is 9.46. The van der Waals surface area contributed by atoms with E-state index in [0.29, 0.717) is 0 Å². The van der Waals surface area contributed by atoms with E-state index < -0.39 is 0 Å². The fraction of sp³-hybridized carbons (Fsp3) is 0.286. The van der Waals surface area contributed by atoms with Crippen LogP contribution in [-0.4, -0.2) is 6.85 Å². The minimum atomic E-state index is -0.220. The zero-order chi connectivity index (χ0) is 52.7. The molecule has 76 heavy (non-hydrogen) atoms. The van der Waals surface area contributed by atoms with Crippen LogP contribution in [0.15, 0.2) is 154 Å². The Morgan fingerprint density at radius 2 is 1.11 bits per heavy atom. The molecular formula is C70H67BN2O2S. The Labute approximate surface area is 452 Å². The minimum Gasteiger partial charge on any atom is -0.456 e. The van der Waals surface area contributed by atoms with Crippen LogP contribution >= 0.6 is 11.3 Å². The number of fused-ring (bicyclic) bond motifs is 14. The standard InChI is InChI=1S/C70H67BN2O2S/c1-66(2,3)41-23-27-44(28-24-41)73-55-39-59-47(48-36-52-53(38-58(48)74-59)70(12,13)32-31-69(52,10)11)35-50(55)61-62-56(37-49-45-21-17-18-22-57(45)75-64(49)61)72(54-29-25-42(67(4,5)6)33-46(54)40-19-15-14-16-20-40)63-51-34-43(68(7,8)9)26-30-60(51)76-65(63)71(62)73/h14-30,33-39H,31-32H2,1-13H3. The summed E-state index contributed by atoms with van der Waals surface area (Å²) in [6, 6.07) is 55.8. The number of benzene rings is 8. The third-order valence-electron chi connectivity index (χ3n) is 17.8. The normalized spacial score (nSPS) is 16.0. The smallest absolute Gasteiger partial charge is 0.343 e. The van der Waals surface area contributed by atoms with Gasteiger partial charge in [0.2, 0.25) is 0 Å². The van der Waals surface area contributed by atoms with Crippen LogP contribution in [-0.2, 0) is 27.1 Å². The largest absolute Gasteiger partial charge is 0.456 e. The van der Waals surface area contributed by atoms with Crippen molar-refractivity contribution in [3.05, 3.63) is 173 Å². The summed E-state index contributed by atoms with van der Waals surface area (Å²) in [6.07, 6.45) is 2.29. The Morgan fingerprint density at radius 3 is 1.82 bits per heavy atom. The van der Waals surface area contributed by atoms with E-state index in [2.05, 4.69) is 245 Å². The number of furan rings is 2. The lowest BCUT2D eigenvalue weighted by Gasteiger charge is -2.45. The molecule has 0 spiro atoms. The topological polar surface area (TPSA) is 32.8 Å². The zero-order valence-electron chi connectivity index (χ0n) is 46.5. The van der Waals surface area contributed by atoms with Gasteiger partial charge in [0.25, 0.3) is 0 Å². The molecule has 1 aliphatic carbocycles. The van der Waals surface area contributed by atoms with Gasteiger partial charge >= 0.3 is 6.85 Å². The molecule has 0 saturated carbocycles. The van der Waals surface area contributed by atoms with Gasteiger partial charge < -0.3 is 18.5 Å². The molecule has 0 unspecified atom stereocenters. The van der Waals surface area contributed by atoms with Gasteiger partial charge in [-0.05, 0) is 145 Å². The first-order valence-corrected chi connectivity index (χ1v) is 28.4. The van der Waals surface area contributed by atoms with Gasteiger partial charge in [-0.25, -0.2) is 0 Å². The Bertz CT molecular complexity index is 4240. The summed E-state index contributed by atoms with van der Waals surface area (Å²) >= 11 is 1.94. The fourth-order valence-electron chi connectivity index (χ4n) is 13.2. The van der Waals surface area contributed by atoms with E-state index >= 15 is 0 Å². The van der Waals surface area contributed by atoms with Crippen LogP contribution in [0.3, 0.4) is 0 Å². The number of nitrogens with zero attached hydrogens (tertiary/aromatic N) is 2. The van der Waals surface area contributed by atoms with E-state index in [9.17, 15) is 0 Å². The molecule has 0 saturated heterocycles. The molecule has 3 aromatic heterocycles. The fourth-order valence-corrected chi connectivity index (χ4v) is 14.5. The lowest BCUT2D eigenvalue weighted by molar-refractivity contribution is 0.332. The third kappa shape index (κ3) is 6.94. The van der Waals surface area contributed by atoms with E-state index in [1.807, 2.05) is 11.3 Å². The van der Waals surface area contributed by atoms with E-state index in [1.165, 1.54) is 76.0 Å². The van der Waals surface area contributed by atoms with Crippen molar-refractivity contribution in [1.82, 2.24) is 0 Å². The maximum atomic E-state index is 7.31. The maximum absolute atomic E-state index is 7.31. The summed E-state index contributed by atoms with van der Waals surface area (Å²) in [5, 5.41) is 5.80. The van der Waals surface area contributed by atoms with Crippen molar-refractivity contribution in [1.29, 1.82) is 0 Å². The van der Waals surface area contributed by atoms with Crippen molar-refractivity contribution in [2.24, 2.45) is 0 Å². The monoisotopic (exact) mass is 1010 g/mol. The number of hydrogen-bond acceptors (Lipinski definition) is 5. The van der Waals surface area contributed by atoms with Gasteiger partial charge in [-0.3, -0.25) is 0 Å². The van der Waals surface area contributed by atoms with Gasteiger partial charge in [-0.15, -0.1) is 11.3 Å². The molecule has 378 valence electrons. The molecule has 3 aliphatic rings. The minimum absolute atomic E-state index is 0.0124. The summed E-state index contributed by atoms with van der Waals surface area (Å²) < 4.78 is 17.1. The zero-order valence-corrected chi connectivity index (χ0v) is 47.3. The maximum Gasteiger partial charge on any atom is 0.343 e. The van der Waals surface area contributed by atoms with Crippen molar-refractivity contribution >= 4 is 111 Å². The highest BCUT2D eigenvalue weighted by atomic mass is 32.1. The van der Waals surface area contributed by atoms with E-state index in [0.717, 1.165) is 79.5 Å². The van der Waals surface area contributed by atoms with Crippen molar-refractivity contribution in [3.8, 4) is 22.3 Å². The first-order valence-electron chi connectivity index (χ1n) is 27.6. The molecule has 4 nitrogen and oxygen atoms in total. The molecule has 11 aromatic rings. The van der Waals surface area contributed by atoms with E-state index in [4.69, 9.17) is 8.83 Å². The second-order valence-electron chi connectivity index (χ2n) is 26.8. The molecule has 8 aromatic carbocycles. The van der Waals surface area contributed by atoms with Crippen molar-refractivity contribution in [3.63, 3.8) is 0 Å². The summed E-state index contributed by atoms with van der Waals surface area (Å²) in [7, 11) is 0. The predicted octanol–water partition coefficient (Wildman–Crippen LogP) is 19.3. The highest BCUT2D eigenvalue weighted by Gasteiger charge is 2.49. The highest BCUT2D eigenvalue weighted by Crippen LogP contribution is 2.56. The van der Waals surface area contributed by atoms with Gasteiger partial charge in [0.1, 0.15) is 22.3 Å². The van der Waals surface area contributed by atoms with Crippen LogP contribution in [0.4, 0.5) is 28.4 Å². The van der Waals surface area contributed by atoms with E-state index in [-0.39, 0.29) is 33.9 Å². The Hall–Kier alpha value is -7.02. The first-order chi connectivity index (χ1) is 36.0. The Kier molecular flexibility index (Phi) is 9.86. The van der Waals surface area contributed by atoms with Crippen LogP contribution < -0.4 is 20.0 Å². The average Bonchev–Trinajstić information content (AvgIpc) is 4.17. The van der Waals surface area contributed by atoms with Gasteiger partial charge in [-0.1, -0.05) is 163 Å². The second kappa shape index (κ2) is 15.8. The summed E-state index contributed by atoms with van der Waals surface area (Å²) in [5.41, 5.74) is 22.2. The third-order valence-corrected chi connectivity index (χ3v) is 19.0. The van der Waals surface area contributed by atoms with Crippen LogP contribution in [0, 0.1) is 0 Å². The molecule has 5 heterocycles. The molecule has 0 fully saturated rings. The molecule has 6 heteroatoms. The van der Waals surface area contributed by atoms with Gasteiger partial charge in [0.15, 0.2) is 0 Å². The van der Waals surface area contributed by atoms with Crippen LogP contribution in [0.25, 0.3) is 76.2 Å². The Balaban J connectivity index is 1.17. The number of thiophene rings is 1. The van der Waals surface area contributed by atoms with Crippen LogP contribution in [0.2, 0.25) is 0 Å². The quantitative estimate of drug-likeness (QED) is 0.165. The molecule has 0 amide bonds. The predicted molar refractivity (Wildman–Crippen MR) is 327 cm³/mol. The van der Waals surface area contributed by atoms with Crippen molar-refractivity contribution in [2.45, 2.75) is 130 Å². The molecule has 0 bridgehead atoms. The number of hydrogen-bond donors (Lipinski definition) is 0. The summed E-state index contributed by atoms with van der Waals surface area (Å²) in [5.74, 6) is 0. The van der Waals surface area contributed by atoms with E-state index in [1.54, 1.807) is 0 Å². The molecule has 0 atom stereocenters. The van der Waals surface area contributed by atoms with Gasteiger partial charge in [-0.2, -0.15) is 0 Å². The number of para-hydroxylation sites is 1. The van der Waals surface area contributed by atoms with Gasteiger partial charge in [0.05, 0.1) is 11.4 Å². The SMILES string of the molecule is CC(C)(C)c1ccc(N2B3c4sc5ccc(C(C)(C)C)cc5c4N(c4ccc(C(C)(C)C)cc4-c4ccccc4)c4cc5c(oc6ccccc65)c(c43)-c3cc4c(cc32)oc2cc3c(cc24)C(C)(C)CCC3(C)C)cc1. The second-order valence-corrected chi connectivity index (χ2v) is 27.9. The molecular weight excluding hydrogens is 944 g/mol. The van der Waals surface area contributed by atoms with Gasteiger partial charge in [0, 0.05) is 76.2 Å². The number of rotatable bonds is 3. The number of anilines is 5. The molecule has 0 N–H and O–H groups in total. The average molecular weight is 1010 g/mol. The summed E-state index contributed by atoms with van der Waals surface area (Å²) in [4.78, 5) is 5.32. The van der Waals surface area contributed by atoms with Crippen LogP contribution in [0.5, 0.6) is 0 Å². The molecule has 0 radical (unpaired) electrons. The molecule has 2 aliphatic heterocycles. The summed E-state index contributed by atoms with van der Waals surface area (Å²) in [6.45, 7) is 30.3. The Morgan fingerprint density at radius 1 is 0.487 bits per heavy atom. The molecule has 14 rings (SSSR count). The first kappa shape index (κ1) is 47.4.